The minimum atomic E-state index is -0.987. The number of rotatable bonds is 2. The molecule has 0 aliphatic heterocycles. The van der Waals surface area contributed by atoms with Crippen molar-refractivity contribution in [1.82, 2.24) is 0 Å². The maximum atomic E-state index is 13.2. The molecule has 66 valence electrons. The van der Waals surface area contributed by atoms with Crippen LogP contribution in [-0.4, -0.2) is 11.1 Å². The third kappa shape index (κ3) is 1.94. The van der Waals surface area contributed by atoms with Crippen molar-refractivity contribution in [2.45, 2.75) is 19.8 Å². The second kappa shape index (κ2) is 3.52. The second-order valence-electron chi connectivity index (χ2n) is 2.98. The van der Waals surface area contributed by atoms with Crippen LogP contribution in [0, 0.1) is 5.92 Å². The first-order valence-corrected chi connectivity index (χ1v) is 3.88. The largest absolute Gasteiger partial charge is 0.481 e. The van der Waals surface area contributed by atoms with Gasteiger partial charge in [-0.2, -0.15) is 0 Å². The number of carboxylic acid groups (broad SMARTS) is 1. The van der Waals surface area contributed by atoms with Crippen LogP contribution < -0.4 is 0 Å². The molecule has 3 heteroatoms. The van der Waals surface area contributed by atoms with Crippen molar-refractivity contribution < 1.29 is 14.3 Å². The molecule has 0 aromatic heterocycles. The van der Waals surface area contributed by atoms with Crippen molar-refractivity contribution in [1.29, 1.82) is 0 Å². The molecule has 1 unspecified atom stereocenters. The number of hydrogen-bond acceptors (Lipinski definition) is 1. The molecule has 0 saturated heterocycles. The van der Waals surface area contributed by atoms with E-state index in [1.165, 1.54) is 0 Å². The number of allylic oxidation sites excluding steroid dienone is 3. The summed E-state index contributed by atoms with van der Waals surface area (Å²) >= 11 is 0. The van der Waals surface area contributed by atoms with E-state index in [0.717, 1.165) is 0 Å². The first kappa shape index (κ1) is 8.97. The molecular formula is C9H11FO2. The maximum absolute atomic E-state index is 13.2. The first-order chi connectivity index (χ1) is 5.61. The van der Waals surface area contributed by atoms with E-state index >= 15 is 0 Å². The van der Waals surface area contributed by atoms with Gasteiger partial charge in [0.15, 0.2) is 0 Å². The third-order valence-corrected chi connectivity index (χ3v) is 1.89. The van der Waals surface area contributed by atoms with Crippen LogP contribution in [0.15, 0.2) is 23.6 Å². The average molecular weight is 170 g/mol. The molecular weight excluding hydrogens is 159 g/mol. The lowest BCUT2D eigenvalue weighted by molar-refractivity contribution is -0.136. The van der Waals surface area contributed by atoms with E-state index in [4.69, 9.17) is 5.11 Å². The van der Waals surface area contributed by atoms with Crippen LogP contribution in [0.4, 0.5) is 4.39 Å². The van der Waals surface area contributed by atoms with Gasteiger partial charge in [-0.15, -0.1) is 0 Å². The molecule has 2 nitrogen and oxygen atoms in total. The third-order valence-electron chi connectivity index (χ3n) is 1.89. The summed E-state index contributed by atoms with van der Waals surface area (Å²) in [5, 5.41) is 8.44. The van der Waals surface area contributed by atoms with Gasteiger partial charge in [-0.25, -0.2) is 4.39 Å². The van der Waals surface area contributed by atoms with Gasteiger partial charge in [0.2, 0.25) is 0 Å². The topological polar surface area (TPSA) is 37.3 Å². The normalized spacial score (nSPS) is 23.0. The number of carbonyl (C=O) groups is 1. The van der Waals surface area contributed by atoms with Crippen LogP contribution >= 0.6 is 0 Å². The van der Waals surface area contributed by atoms with Gasteiger partial charge >= 0.3 is 5.97 Å². The number of hydrogen-bond donors (Lipinski definition) is 1. The summed E-state index contributed by atoms with van der Waals surface area (Å²) in [7, 11) is 0. The Morgan fingerprint density at radius 2 is 2.50 bits per heavy atom. The van der Waals surface area contributed by atoms with E-state index in [0.29, 0.717) is 12.0 Å². The molecule has 1 atom stereocenters. The van der Waals surface area contributed by atoms with E-state index in [2.05, 4.69) is 0 Å². The van der Waals surface area contributed by atoms with Gasteiger partial charge in [0.05, 0.1) is 6.42 Å². The van der Waals surface area contributed by atoms with Crippen LogP contribution in [0.5, 0.6) is 0 Å². The van der Waals surface area contributed by atoms with E-state index < -0.39 is 5.97 Å². The fourth-order valence-corrected chi connectivity index (χ4v) is 1.22. The predicted molar refractivity (Wildman–Crippen MR) is 43.3 cm³/mol. The molecule has 0 fully saturated rings. The van der Waals surface area contributed by atoms with Gasteiger partial charge in [0.1, 0.15) is 5.83 Å². The smallest absolute Gasteiger partial charge is 0.307 e. The molecule has 0 aromatic carbocycles. The monoisotopic (exact) mass is 170 g/mol. The Bertz CT molecular complexity index is 253. The Labute approximate surface area is 70.4 Å². The Balaban J connectivity index is 2.79. The molecule has 0 saturated carbocycles. The lowest BCUT2D eigenvalue weighted by atomic mass is 9.95. The van der Waals surface area contributed by atoms with Crippen molar-refractivity contribution in [2.75, 3.05) is 0 Å². The summed E-state index contributed by atoms with van der Waals surface area (Å²) in [4.78, 5) is 10.3. The van der Waals surface area contributed by atoms with Gasteiger partial charge in [0, 0.05) is 5.92 Å². The van der Waals surface area contributed by atoms with Gasteiger partial charge in [-0.1, -0.05) is 19.1 Å². The fourth-order valence-electron chi connectivity index (χ4n) is 1.22. The Morgan fingerprint density at radius 1 is 1.83 bits per heavy atom. The number of carboxylic acids is 1. The molecule has 0 heterocycles. The minimum Gasteiger partial charge on any atom is -0.481 e. The zero-order chi connectivity index (χ0) is 9.14. The van der Waals surface area contributed by atoms with E-state index in [-0.39, 0.29) is 18.2 Å². The molecule has 1 aliphatic rings. The van der Waals surface area contributed by atoms with Gasteiger partial charge in [-0.05, 0) is 12.0 Å². The molecule has 1 N–H and O–H groups in total. The Morgan fingerprint density at radius 3 is 3.08 bits per heavy atom. The van der Waals surface area contributed by atoms with Crippen LogP contribution in [0.1, 0.15) is 19.8 Å². The number of aliphatic carboxylic acids is 1. The molecule has 12 heavy (non-hydrogen) atoms. The summed E-state index contributed by atoms with van der Waals surface area (Å²) in [5.74, 6) is -1.43. The predicted octanol–water partition coefficient (Wildman–Crippen LogP) is 2.28. The van der Waals surface area contributed by atoms with Crippen LogP contribution in [0.3, 0.4) is 0 Å². The number of halogens is 1. The quantitative estimate of drug-likeness (QED) is 0.690. The standard InChI is InChI=1S/C9H11FO2/c1-6-3-2-4-7(9(6)10)5-8(11)12/h2,4,6H,3,5H2,1H3,(H,11,12). The molecule has 0 bridgehead atoms. The summed E-state index contributed by atoms with van der Waals surface area (Å²) in [6, 6.07) is 0. The van der Waals surface area contributed by atoms with Crippen LogP contribution in [-0.2, 0) is 4.79 Å². The SMILES string of the molecule is CC1CC=CC(CC(=O)O)=C1F. The van der Waals surface area contributed by atoms with Crippen LogP contribution in [0.25, 0.3) is 0 Å². The van der Waals surface area contributed by atoms with Gasteiger partial charge in [-0.3, -0.25) is 4.79 Å². The van der Waals surface area contributed by atoms with Gasteiger partial charge in [0.25, 0.3) is 0 Å². The zero-order valence-corrected chi connectivity index (χ0v) is 6.88. The van der Waals surface area contributed by atoms with Crippen molar-refractivity contribution in [3.8, 4) is 0 Å². The zero-order valence-electron chi connectivity index (χ0n) is 6.88. The summed E-state index contributed by atoms with van der Waals surface area (Å²) in [5.41, 5.74) is 0.307. The highest BCUT2D eigenvalue weighted by Crippen LogP contribution is 2.27. The highest BCUT2D eigenvalue weighted by molar-refractivity contribution is 5.71. The van der Waals surface area contributed by atoms with Crippen LogP contribution in [0.2, 0.25) is 0 Å². The fraction of sp³-hybridized carbons (Fsp3) is 0.444. The molecule has 0 amide bonds. The summed E-state index contributed by atoms with van der Waals surface area (Å²) < 4.78 is 13.2. The molecule has 0 spiro atoms. The minimum absolute atomic E-state index is 0.163. The van der Waals surface area contributed by atoms with E-state index in [1.54, 1.807) is 13.0 Å². The van der Waals surface area contributed by atoms with Crippen molar-refractivity contribution in [2.24, 2.45) is 5.92 Å². The lowest BCUT2D eigenvalue weighted by Crippen LogP contribution is -2.05. The van der Waals surface area contributed by atoms with E-state index in [9.17, 15) is 9.18 Å². The average Bonchev–Trinajstić information content (AvgIpc) is 1.98. The highest BCUT2D eigenvalue weighted by Gasteiger charge is 2.17. The summed E-state index contributed by atoms with van der Waals surface area (Å²) in [6.45, 7) is 1.75. The maximum Gasteiger partial charge on any atom is 0.307 e. The lowest BCUT2D eigenvalue weighted by Gasteiger charge is -2.13. The van der Waals surface area contributed by atoms with Gasteiger partial charge < -0.3 is 5.11 Å². The second-order valence-corrected chi connectivity index (χ2v) is 2.98. The van der Waals surface area contributed by atoms with Crippen molar-refractivity contribution in [3.05, 3.63) is 23.6 Å². The summed E-state index contributed by atoms with van der Waals surface area (Å²) in [6.07, 6.45) is 3.82. The highest BCUT2D eigenvalue weighted by atomic mass is 19.1. The Kier molecular flexibility index (Phi) is 2.63. The molecule has 0 aromatic rings. The first-order valence-electron chi connectivity index (χ1n) is 3.88. The van der Waals surface area contributed by atoms with Crippen molar-refractivity contribution in [3.63, 3.8) is 0 Å². The molecule has 1 rings (SSSR count). The Hall–Kier alpha value is -1.12. The molecule has 1 aliphatic carbocycles. The van der Waals surface area contributed by atoms with Crippen molar-refractivity contribution >= 4 is 5.97 Å². The molecule has 0 radical (unpaired) electrons. The van der Waals surface area contributed by atoms with E-state index in [1.807, 2.05) is 6.08 Å².